The molecule has 1 atom stereocenters. The van der Waals surface area contributed by atoms with Crippen LogP contribution in [0, 0.1) is 6.92 Å². The van der Waals surface area contributed by atoms with E-state index in [1.807, 2.05) is 18.2 Å². The molecule has 0 aliphatic rings. The number of hydrogen-bond acceptors (Lipinski definition) is 2. The molecule has 0 saturated carbocycles. The van der Waals surface area contributed by atoms with E-state index in [9.17, 15) is 0 Å². The van der Waals surface area contributed by atoms with Gasteiger partial charge in [-0.15, -0.1) is 0 Å². The SMILES string of the molecule is CCNCC(C)c1ccc(COc2ccccc2C)cc1. The summed E-state index contributed by atoms with van der Waals surface area (Å²) in [6, 6.07) is 16.9. The predicted molar refractivity (Wildman–Crippen MR) is 88.9 cm³/mol. The molecule has 0 amide bonds. The highest BCUT2D eigenvalue weighted by Gasteiger charge is 2.05. The molecule has 21 heavy (non-hydrogen) atoms. The lowest BCUT2D eigenvalue weighted by molar-refractivity contribution is 0.304. The topological polar surface area (TPSA) is 21.3 Å². The average molecular weight is 283 g/mol. The van der Waals surface area contributed by atoms with Gasteiger partial charge in [0.05, 0.1) is 0 Å². The van der Waals surface area contributed by atoms with Gasteiger partial charge in [-0.1, -0.05) is 56.3 Å². The molecule has 0 aliphatic carbocycles. The summed E-state index contributed by atoms with van der Waals surface area (Å²) in [5.74, 6) is 1.50. The standard InChI is InChI=1S/C19H25NO/c1-4-20-13-16(3)18-11-9-17(10-12-18)14-21-19-8-6-5-7-15(19)2/h5-12,16,20H,4,13-14H2,1-3H3. The minimum atomic E-state index is 0.538. The fraction of sp³-hybridized carbons (Fsp3) is 0.368. The normalized spacial score (nSPS) is 12.1. The van der Waals surface area contributed by atoms with Gasteiger partial charge in [0.15, 0.2) is 0 Å². The Balaban J connectivity index is 1.92. The molecule has 112 valence electrons. The highest BCUT2D eigenvalue weighted by Crippen LogP contribution is 2.19. The van der Waals surface area contributed by atoms with E-state index in [1.54, 1.807) is 0 Å². The molecule has 2 aromatic carbocycles. The molecule has 1 N–H and O–H groups in total. The summed E-state index contributed by atoms with van der Waals surface area (Å²) in [4.78, 5) is 0. The van der Waals surface area contributed by atoms with Gasteiger partial charge in [0.2, 0.25) is 0 Å². The van der Waals surface area contributed by atoms with Crippen molar-refractivity contribution in [2.75, 3.05) is 13.1 Å². The van der Waals surface area contributed by atoms with Crippen LogP contribution in [0.1, 0.15) is 36.5 Å². The van der Waals surface area contributed by atoms with Crippen LogP contribution in [0.4, 0.5) is 0 Å². The fourth-order valence-corrected chi connectivity index (χ4v) is 2.30. The minimum absolute atomic E-state index is 0.538. The van der Waals surface area contributed by atoms with Crippen LogP contribution in [-0.4, -0.2) is 13.1 Å². The maximum absolute atomic E-state index is 5.88. The van der Waals surface area contributed by atoms with Crippen LogP contribution in [0.15, 0.2) is 48.5 Å². The molecule has 0 spiro atoms. The molecular formula is C19H25NO. The smallest absolute Gasteiger partial charge is 0.122 e. The van der Waals surface area contributed by atoms with Crippen molar-refractivity contribution in [3.8, 4) is 5.75 Å². The Morgan fingerprint density at radius 1 is 1.05 bits per heavy atom. The molecule has 0 fully saturated rings. The van der Waals surface area contributed by atoms with E-state index in [2.05, 4.69) is 56.4 Å². The summed E-state index contributed by atoms with van der Waals surface area (Å²) >= 11 is 0. The lowest BCUT2D eigenvalue weighted by Crippen LogP contribution is -2.19. The molecule has 0 radical (unpaired) electrons. The van der Waals surface area contributed by atoms with Crippen LogP contribution < -0.4 is 10.1 Å². The summed E-state index contributed by atoms with van der Waals surface area (Å²) in [6.07, 6.45) is 0. The molecule has 2 aromatic rings. The van der Waals surface area contributed by atoms with Gasteiger partial charge in [0.1, 0.15) is 12.4 Å². The zero-order valence-corrected chi connectivity index (χ0v) is 13.2. The summed E-state index contributed by atoms with van der Waals surface area (Å²) in [7, 11) is 0. The second kappa shape index (κ2) is 7.84. The Bertz CT molecular complexity index is 548. The Morgan fingerprint density at radius 3 is 2.43 bits per heavy atom. The van der Waals surface area contributed by atoms with Gasteiger partial charge in [-0.05, 0) is 42.1 Å². The monoisotopic (exact) mass is 283 g/mol. The van der Waals surface area contributed by atoms with Crippen LogP contribution in [-0.2, 0) is 6.61 Å². The minimum Gasteiger partial charge on any atom is -0.489 e. The zero-order chi connectivity index (χ0) is 15.1. The molecule has 0 aromatic heterocycles. The third kappa shape index (κ3) is 4.61. The second-order valence-corrected chi connectivity index (χ2v) is 5.50. The highest BCUT2D eigenvalue weighted by molar-refractivity contribution is 5.32. The largest absolute Gasteiger partial charge is 0.489 e. The molecule has 1 unspecified atom stereocenters. The maximum Gasteiger partial charge on any atom is 0.122 e. The van der Waals surface area contributed by atoms with Gasteiger partial charge in [-0.25, -0.2) is 0 Å². The third-order valence-electron chi connectivity index (χ3n) is 3.74. The number of likely N-dealkylation sites (N-methyl/N-ethyl adjacent to an activating group) is 1. The van der Waals surface area contributed by atoms with E-state index in [0.717, 1.165) is 18.8 Å². The van der Waals surface area contributed by atoms with Crippen molar-refractivity contribution in [2.24, 2.45) is 0 Å². The number of ether oxygens (including phenoxy) is 1. The van der Waals surface area contributed by atoms with Crippen molar-refractivity contribution in [2.45, 2.75) is 33.3 Å². The molecular weight excluding hydrogens is 258 g/mol. The van der Waals surface area contributed by atoms with Gasteiger partial charge >= 0.3 is 0 Å². The quantitative estimate of drug-likeness (QED) is 0.818. The molecule has 2 heteroatoms. The number of nitrogens with one attached hydrogen (secondary N) is 1. The summed E-state index contributed by atoms with van der Waals surface area (Å²) in [5.41, 5.74) is 3.75. The highest BCUT2D eigenvalue weighted by atomic mass is 16.5. The average Bonchev–Trinajstić information content (AvgIpc) is 2.52. The lowest BCUT2D eigenvalue weighted by atomic mass is 10.00. The number of hydrogen-bond donors (Lipinski definition) is 1. The number of benzene rings is 2. The maximum atomic E-state index is 5.88. The Hall–Kier alpha value is -1.80. The van der Waals surface area contributed by atoms with Crippen molar-refractivity contribution < 1.29 is 4.74 Å². The molecule has 0 aliphatic heterocycles. The van der Waals surface area contributed by atoms with Crippen LogP contribution in [0.5, 0.6) is 5.75 Å². The molecule has 2 rings (SSSR count). The van der Waals surface area contributed by atoms with Crippen molar-refractivity contribution in [3.63, 3.8) is 0 Å². The third-order valence-corrected chi connectivity index (χ3v) is 3.74. The fourth-order valence-electron chi connectivity index (χ4n) is 2.30. The van der Waals surface area contributed by atoms with Crippen LogP contribution in [0.3, 0.4) is 0 Å². The summed E-state index contributed by atoms with van der Waals surface area (Å²) < 4.78 is 5.88. The van der Waals surface area contributed by atoms with Gasteiger partial charge < -0.3 is 10.1 Å². The van der Waals surface area contributed by atoms with Gasteiger partial charge in [0.25, 0.3) is 0 Å². The summed E-state index contributed by atoms with van der Waals surface area (Å²) in [6.45, 7) is 9.12. The zero-order valence-electron chi connectivity index (χ0n) is 13.2. The first kappa shape index (κ1) is 15.6. The van der Waals surface area contributed by atoms with Crippen LogP contribution in [0.25, 0.3) is 0 Å². The first-order chi connectivity index (χ1) is 10.2. The van der Waals surface area contributed by atoms with Crippen molar-refractivity contribution in [1.29, 1.82) is 0 Å². The van der Waals surface area contributed by atoms with Crippen molar-refractivity contribution >= 4 is 0 Å². The first-order valence-corrected chi connectivity index (χ1v) is 7.68. The van der Waals surface area contributed by atoms with E-state index in [4.69, 9.17) is 4.74 Å². The molecule has 2 nitrogen and oxygen atoms in total. The van der Waals surface area contributed by atoms with Gasteiger partial charge in [-0.3, -0.25) is 0 Å². The van der Waals surface area contributed by atoms with E-state index in [1.165, 1.54) is 16.7 Å². The number of para-hydroxylation sites is 1. The molecule has 0 heterocycles. The Morgan fingerprint density at radius 2 is 1.76 bits per heavy atom. The summed E-state index contributed by atoms with van der Waals surface area (Å²) in [5, 5.41) is 3.39. The Labute approximate surface area is 128 Å². The van der Waals surface area contributed by atoms with E-state index < -0.39 is 0 Å². The second-order valence-electron chi connectivity index (χ2n) is 5.50. The van der Waals surface area contributed by atoms with Crippen LogP contribution in [0.2, 0.25) is 0 Å². The lowest BCUT2D eigenvalue weighted by Gasteiger charge is -2.13. The first-order valence-electron chi connectivity index (χ1n) is 7.68. The van der Waals surface area contributed by atoms with Crippen molar-refractivity contribution in [3.05, 3.63) is 65.2 Å². The van der Waals surface area contributed by atoms with Gasteiger partial charge in [-0.2, -0.15) is 0 Å². The van der Waals surface area contributed by atoms with Crippen LogP contribution >= 0.6 is 0 Å². The van der Waals surface area contributed by atoms with Crippen molar-refractivity contribution in [1.82, 2.24) is 5.32 Å². The Kier molecular flexibility index (Phi) is 5.82. The number of rotatable bonds is 7. The number of aryl methyl sites for hydroxylation is 1. The van der Waals surface area contributed by atoms with E-state index in [-0.39, 0.29) is 0 Å². The molecule has 0 bridgehead atoms. The van der Waals surface area contributed by atoms with Gasteiger partial charge in [0, 0.05) is 6.54 Å². The van der Waals surface area contributed by atoms with E-state index in [0.29, 0.717) is 12.5 Å². The molecule has 0 saturated heterocycles. The van der Waals surface area contributed by atoms with E-state index >= 15 is 0 Å². The predicted octanol–water partition coefficient (Wildman–Crippen LogP) is 4.29.